The van der Waals surface area contributed by atoms with E-state index < -0.39 is 0 Å². The molecule has 0 radical (unpaired) electrons. The van der Waals surface area contributed by atoms with Crippen molar-refractivity contribution in [2.24, 2.45) is 5.92 Å². The molecule has 148 valence electrons. The Morgan fingerprint density at radius 3 is 2.61 bits per heavy atom. The molecule has 4 rings (SSSR count). The fraction of sp³-hybridized carbons (Fsp3) is 0.429. The lowest BCUT2D eigenvalue weighted by Gasteiger charge is -2.15. The molecule has 1 N–H and O–H groups in total. The van der Waals surface area contributed by atoms with Crippen LogP contribution in [0, 0.1) is 5.92 Å². The third kappa shape index (κ3) is 3.62. The monoisotopic (exact) mass is 383 g/mol. The summed E-state index contributed by atoms with van der Waals surface area (Å²) in [6.07, 6.45) is 1.21. The highest BCUT2D eigenvalue weighted by Gasteiger charge is 2.36. The van der Waals surface area contributed by atoms with Gasteiger partial charge in [0, 0.05) is 12.0 Å². The lowest BCUT2D eigenvalue weighted by molar-refractivity contribution is 0.277. The number of ether oxygens (including phenoxy) is 2. The summed E-state index contributed by atoms with van der Waals surface area (Å²) in [6, 6.07) is 7.48. The molecule has 28 heavy (non-hydrogen) atoms. The van der Waals surface area contributed by atoms with E-state index in [0.29, 0.717) is 47.2 Å². The minimum atomic E-state index is -0.197. The van der Waals surface area contributed by atoms with Crippen LogP contribution in [0.15, 0.2) is 33.5 Å². The number of nitrogens with one attached hydrogen (secondary N) is 1. The first-order chi connectivity index (χ1) is 13.5. The zero-order valence-corrected chi connectivity index (χ0v) is 16.6. The summed E-state index contributed by atoms with van der Waals surface area (Å²) < 4.78 is 16.6. The van der Waals surface area contributed by atoms with Crippen molar-refractivity contribution in [3.8, 4) is 11.5 Å². The largest absolute Gasteiger partial charge is 0.493 e. The second-order valence-corrected chi connectivity index (χ2v) is 7.53. The van der Waals surface area contributed by atoms with Crippen LogP contribution in [-0.2, 0) is 13.1 Å². The number of hydrogen-bond acceptors (Lipinski definition) is 6. The van der Waals surface area contributed by atoms with Crippen molar-refractivity contribution in [2.75, 3.05) is 21.3 Å². The van der Waals surface area contributed by atoms with Crippen LogP contribution < -0.4 is 15.0 Å². The van der Waals surface area contributed by atoms with Gasteiger partial charge in [0.1, 0.15) is 17.3 Å². The molecule has 0 bridgehead atoms. The van der Waals surface area contributed by atoms with Crippen LogP contribution >= 0.6 is 0 Å². The van der Waals surface area contributed by atoms with E-state index in [-0.39, 0.29) is 5.56 Å². The Morgan fingerprint density at radius 2 is 1.93 bits per heavy atom. The Bertz CT molecular complexity index is 1060. The first-order valence-corrected chi connectivity index (χ1v) is 9.40. The summed E-state index contributed by atoms with van der Waals surface area (Å²) >= 11 is 0. The summed E-state index contributed by atoms with van der Waals surface area (Å²) in [5.41, 5.74) is 0.380. The summed E-state index contributed by atoms with van der Waals surface area (Å²) in [4.78, 5) is 22.0. The predicted octanol–water partition coefficient (Wildman–Crippen LogP) is 3.29. The lowest BCUT2D eigenvalue weighted by atomic mass is 10.2. The number of rotatable bonds is 7. The number of hydrogen-bond donors (Lipinski definition) is 1. The number of fused-ring (bicyclic) bond motifs is 1. The maximum atomic E-state index is 12.5. The molecule has 0 saturated heterocycles. The highest BCUT2D eigenvalue weighted by Crippen LogP contribution is 2.47. The molecule has 2 aromatic heterocycles. The molecule has 7 heteroatoms. The molecule has 1 aromatic carbocycles. The molecule has 0 unspecified atom stereocenters. The van der Waals surface area contributed by atoms with Gasteiger partial charge in [0.15, 0.2) is 11.5 Å². The fourth-order valence-corrected chi connectivity index (χ4v) is 3.56. The average molecular weight is 383 g/mol. The Kier molecular flexibility index (Phi) is 4.85. The third-order valence-electron chi connectivity index (χ3n) is 5.26. The van der Waals surface area contributed by atoms with E-state index in [4.69, 9.17) is 13.9 Å². The summed E-state index contributed by atoms with van der Waals surface area (Å²) in [6.45, 7) is 3.38. The van der Waals surface area contributed by atoms with Crippen LogP contribution in [0.5, 0.6) is 11.5 Å². The number of H-pyrrole nitrogens is 1. The molecule has 1 aliphatic carbocycles. The van der Waals surface area contributed by atoms with Gasteiger partial charge in [0.05, 0.1) is 38.2 Å². The van der Waals surface area contributed by atoms with E-state index in [1.54, 1.807) is 26.4 Å². The molecule has 2 heterocycles. The zero-order chi connectivity index (χ0) is 19.8. The standard InChI is InChI=1S/C21H25N3O4/c1-12-7-14(12)17-6-5-13(28-17)10-24(2)11-20-22-16-9-19(27-4)18(26-3)8-15(16)21(25)23-20/h5-6,8-9,12,14H,7,10-11H2,1-4H3,(H,22,23,25)/t12-,14-/m1/s1. The van der Waals surface area contributed by atoms with Crippen molar-refractivity contribution in [3.63, 3.8) is 0 Å². The molecule has 2 atom stereocenters. The molecule has 0 amide bonds. The van der Waals surface area contributed by atoms with Crippen LogP contribution in [-0.4, -0.2) is 36.1 Å². The van der Waals surface area contributed by atoms with E-state index >= 15 is 0 Å². The maximum Gasteiger partial charge on any atom is 0.258 e. The molecule has 0 spiro atoms. The number of methoxy groups -OCH3 is 2. The first-order valence-electron chi connectivity index (χ1n) is 9.40. The van der Waals surface area contributed by atoms with Gasteiger partial charge in [-0.1, -0.05) is 6.92 Å². The molecular weight excluding hydrogens is 358 g/mol. The number of nitrogens with zero attached hydrogens (tertiary/aromatic N) is 2. The molecule has 1 fully saturated rings. The number of aromatic nitrogens is 2. The molecule has 1 saturated carbocycles. The molecule has 7 nitrogen and oxygen atoms in total. The van der Waals surface area contributed by atoms with Crippen molar-refractivity contribution in [2.45, 2.75) is 32.4 Å². The zero-order valence-electron chi connectivity index (χ0n) is 16.6. The second-order valence-electron chi connectivity index (χ2n) is 7.53. The van der Waals surface area contributed by atoms with Gasteiger partial charge in [-0.3, -0.25) is 9.69 Å². The maximum absolute atomic E-state index is 12.5. The van der Waals surface area contributed by atoms with E-state index in [9.17, 15) is 4.79 Å². The van der Waals surface area contributed by atoms with Gasteiger partial charge in [-0.2, -0.15) is 0 Å². The van der Waals surface area contributed by atoms with E-state index in [0.717, 1.165) is 17.4 Å². The van der Waals surface area contributed by atoms with Gasteiger partial charge < -0.3 is 18.9 Å². The number of furan rings is 1. The van der Waals surface area contributed by atoms with Gasteiger partial charge in [-0.25, -0.2) is 4.98 Å². The predicted molar refractivity (Wildman–Crippen MR) is 106 cm³/mol. The van der Waals surface area contributed by atoms with Gasteiger partial charge in [-0.15, -0.1) is 0 Å². The molecule has 3 aromatic rings. The Balaban J connectivity index is 1.52. The van der Waals surface area contributed by atoms with Crippen LogP contribution in [0.1, 0.15) is 36.6 Å². The van der Waals surface area contributed by atoms with Crippen molar-refractivity contribution >= 4 is 10.9 Å². The van der Waals surface area contributed by atoms with E-state index in [1.807, 2.05) is 13.1 Å². The minimum Gasteiger partial charge on any atom is -0.493 e. The van der Waals surface area contributed by atoms with Crippen molar-refractivity contribution in [3.05, 3.63) is 52.0 Å². The summed E-state index contributed by atoms with van der Waals surface area (Å²) in [5.74, 6) is 4.94. The Morgan fingerprint density at radius 1 is 1.21 bits per heavy atom. The van der Waals surface area contributed by atoms with Crippen LogP contribution in [0.2, 0.25) is 0 Å². The van der Waals surface area contributed by atoms with Crippen LogP contribution in [0.4, 0.5) is 0 Å². The Labute approximate surface area is 163 Å². The fourth-order valence-electron chi connectivity index (χ4n) is 3.56. The normalized spacial score (nSPS) is 18.6. The van der Waals surface area contributed by atoms with Gasteiger partial charge in [0.2, 0.25) is 0 Å². The highest BCUT2D eigenvalue weighted by molar-refractivity contribution is 5.81. The molecular formula is C21H25N3O4. The Hall–Kier alpha value is -2.80. The molecule has 1 aliphatic rings. The summed E-state index contributed by atoms with van der Waals surface area (Å²) in [5, 5.41) is 0.471. The van der Waals surface area contributed by atoms with Crippen LogP contribution in [0.25, 0.3) is 10.9 Å². The minimum absolute atomic E-state index is 0.197. The van der Waals surface area contributed by atoms with Crippen LogP contribution in [0.3, 0.4) is 0 Å². The van der Waals surface area contributed by atoms with Gasteiger partial charge >= 0.3 is 0 Å². The highest BCUT2D eigenvalue weighted by atomic mass is 16.5. The topological polar surface area (TPSA) is 80.6 Å². The van der Waals surface area contributed by atoms with E-state index in [1.165, 1.54) is 6.42 Å². The number of aromatic amines is 1. The smallest absolute Gasteiger partial charge is 0.258 e. The SMILES string of the molecule is COc1cc2nc(CN(C)Cc3ccc([C@@H]4C[C@H]4C)o3)[nH]c(=O)c2cc1OC. The quantitative estimate of drug-likeness (QED) is 0.674. The van der Waals surface area contributed by atoms with Gasteiger partial charge in [0.25, 0.3) is 5.56 Å². The lowest BCUT2D eigenvalue weighted by Crippen LogP contribution is -2.21. The van der Waals surface area contributed by atoms with Gasteiger partial charge in [-0.05, 0) is 37.6 Å². The second kappa shape index (κ2) is 7.31. The average Bonchev–Trinajstić information content (AvgIpc) is 3.22. The number of benzene rings is 1. The first kappa shape index (κ1) is 18.6. The van der Waals surface area contributed by atoms with Crippen molar-refractivity contribution < 1.29 is 13.9 Å². The van der Waals surface area contributed by atoms with Crippen molar-refractivity contribution in [1.29, 1.82) is 0 Å². The third-order valence-corrected chi connectivity index (χ3v) is 5.26. The summed E-state index contributed by atoms with van der Waals surface area (Å²) in [7, 11) is 5.07. The molecule has 0 aliphatic heterocycles. The van der Waals surface area contributed by atoms with E-state index in [2.05, 4.69) is 27.9 Å². The van der Waals surface area contributed by atoms with Crippen molar-refractivity contribution in [1.82, 2.24) is 14.9 Å².